The summed E-state index contributed by atoms with van der Waals surface area (Å²) in [5, 5.41) is 6.29. The van der Waals surface area contributed by atoms with Crippen molar-refractivity contribution < 1.29 is 4.79 Å². The molecule has 0 radical (unpaired) electrons. The Balaban J connectivity index is 1.40. The molecule has 1 atom stereocenters. The highest BCUT2D eigenvalue weighted by Gasteiger charge is 2.30. The SMILES string of the molecule is CC(C(=O)NC1CC1)N1CCN(c2ncnc3sccc23)CC1. The highest BCUT2D eigenvalue weighted by atomic mass is 32.1. The van der Waals surface area contributed by atoms with Crippen LogP contribution in [0.3, 0.4) is 0 Å². The average Bonchev–Trinajstić information content (AvgIpc) is 3.26. The third-order valence-corrected chi connectivity index (χ3v) is 5.53. The van der Waals surface area contributed by atoms with Crippen LogP contribution in [-0.4, -0.2) is 59.0 Å². The minimum absolute atomic E-state index is 0.0516. The maximum Gasteiger partial charge on any atom is 0.237 e. The summed E-state index contributed by atoms with van der Waals surface area (Å²) in [7, 11) is 0. The van der Waals surface area contributed by atoms with Gasteiger partial charge in [-0.1, -0.05) is 0 Å². The number of carbonyl (C=O) groups excluding carboxylic acids is 1. The monoisotopic (exact) mass is 331 g/mol. The summed E-state index contributed by atoms with van der Waals surface area (Å²) >= 11 is 1.65. The molecule has 1 aliphatic heterocycles. The van der Waals surface area contributed by atoms with Crippen LogP contribution in [0.15, 0.2) is 17.8 Å². The van der Waals surface area contributed by atoms with E-state index in [0.29, 0.717) is 6.04 Å². The number of hydrogen-bond acceptors (Lipinski definition) is 6. The predicted octanol–water partition coefficient (Wildman–Crippen LogP) is 1.48. The number of hydrogen-bond donors (Lipinski definition) is 1. The Bertz CT molecular complexity index is 705. The number of amides is 1. The second-order valence-electron chi connectivity index (χ2n) is 6.32. The molecule has 0 aromatic carbocycles. The molecule has 2 aromatic heterocycles. The van der Waals surface area contributed by atoms with Crippen molar-refractivity contribution in [3.8, 4) is 0 Å². The van der Waals surface area contributed by atoms with Crippen molar-refractivity contribution >= 4 is 33.3 Å². The molecule has 3 heterocycles. The van der Waals surface area contributed by atoms with Crippen molar-refractivity contribution in [3.63, 3.8) is 0 Å². The number of carbonyl (C=O) groups is 1. The fourth-order valence-corrected chi connectivity index (χ4v) is 3.79. The van der Waals surface area contributed by atoms with Gasteiger partial charge < -0.3 is 10.2 Å². The fourth-order valence-electron chi connectivity index (χ4n) is 3.07. The predicted molar refractivity (Wildman–Crippen MR) is 91.8 cm³/mol. The van der Waals surface area contributed by atoms with Crippen molar-refractivity contribution in [2.24, 2.45) is 0 Å². The molecule has 2 aliphatic rings. The maximum absolute atomic E-state index is 12.2. The Morgan fingerprint density at radius 1 is 1.30 bits per heavy atom. The van der Waals surface area contributed by atoms with E-state index in [0.717, 1.165) is 55.1 Å². The van der Waals surface area contributed by atoms with E-state index in [1.807, 2.05) is 6.92 Å². The smallest absolute Gasteiger partial charge is 0.237 e. The van der Waals surface area contributed by atoms with E-state index in [4.69, 9.17) is 0 Å². The Labute approximate surface area is 139 Å². The summed E-state index contributed by atoms with van der Waals surface area (Å²) in [6.07, 6.45) is 3.92. The zero-order valence-electron chi connectivity index (χ0n) is 13.2. The normalized spacial score (nSPS) is 20.7. The summed E-state index contributed by atoms with van der Waals surface area (Å²) in [5.41, 5.74) is 0. The zero-order valence-corrected chi connectivity index (χ0v) is 14.1. The van der Waals surface area contributed by atoms with Gasteiger partial charge >= 0.3 is 0 Å². The van der Waals surface area contributed by atoms with Crippen LogP contribution < -0.4 is 10.2 Å². The van der Waals surface area contributed by atoms with Crippen LogP contribution in [-0.2, 0) is 4.79 Å². The fraction of sp³-hybridized carbons (Fsp3) is 0.562. The number of thiophene rings is 1. The Kier molecular flexibility index (Phi) is 3.90. The summed E-state index contributed by atoms with van der Waals surface area (Å²) in [4.78, 5) is 26.6. The van der Waals surface area contributed by atoms with Crippen molar-refractivity contribution in [1.82, 2.24) is 20.2 Å². The topological polar surface area (TPSA) is 61.4 Å². The van der Waals surface area contributed by atoms with Crippen LogP contribution in [0.25, 0.3) is 10.2 Å². The van der Waals surface area contributed by atoms with Crippen LogP contribution >= 0.6 is 11.3 Å². The number of fused-ring (bicyclic) bond motifs is 1. The molecule has 0 bridgehead atoms. The van der Waals surface area contributed by atoms with Gasteiger partial charge in [0.1, 0.15) is 17.0 Å². The summed E-state index contributed by atoms with van der Waals surface area (Å²) in [6, 6.07) is 2.47. The van der Waals surface area contributed by atoms with Gasteiger partial charge in [0.25, 0.3) is 0 Å². The van der Waals surface area contributed by atoms with Gasteiger partial charge in [-0.25, -0.2) is 9.97 Å². The van der Waals surface area contributed by atoms with Gasteiger partial charge in [0.15, 0.2) is 0 Å². The first-order valence-corrected chi connectivity index (χ1v) is 9.08. The standard InChI is InChI=1S/C16H21N5OS/c1-11(15(22)19-12-2-3-12)20-5-7-21(8-6-20)14-13-4-9-23-16(13)18-10-17-14/h4,9-12H,2-3,5-8H2,1H3,(H,19,22). The first kappa shape index (κ1) is 14.8. The van der Waals surface area contributed by atoms with Crippen molar-refractivity contribution in [1.29, 1.82) is 0 Å². The Morgan fingerprint density at radius 2 is 2.09 bits per heavy atom. The van der Waals surface area contributed by atoms with E-state index in [2.05, 4.69) is 36.5 Å². The van der Waals surface area contributed by atoms with Crippen LogP contribution in [0, 0.1) is 0 Å². The molecule has 7 heteroatoms. The van der Waals surface area contributed by atoms with E-state index < -0.39 is 0 Å². The second kappa shape index (κ2) is 6.05. The van der Waals surface area contributed by atoms with Gasteiger partial charge in [0.05, 0.1) is 11.4 Å². The quantitative estimate of drug-likeness (QED) is 0.919. The highest BCUT2D eigenvalue weighted by molar-refractivity contribution is 7.16. The minimum Gasteiger partial charge on any atom is -0.353 e. The summed E-state index contributed by atoms with van der Waals surface area (Å²) in [6.45, 7) is 5.56. The molecule has 2 fully saturated rings. The van der Waals surface area contributed by atoms with Crippen LogP contribution in [0.4, 0.5) is 5.82 Å². The van der Waals surface area contributed by atoms with Gasteiger partial charge in [-0.15, -0.1) is 11.3 Å². The molecular formula is C16H21N5OS. The Hall–Kier alpha value is -1.73. The third-order valence-electron chi connectivity index (χ3n) is 4.71. The zero-order chi connectivity index (χ0) is 15.8. The van der Waals surface area contributed by atoms with Gasteiger partial charge in [0, 0.05) is 32.2 Å². The first-order chi connectivity index (χ1) is 11.2. The van der Waals surface area contributed by atoms with Crippen molar-refractivity contribution in [3.05, 3.63) is 17.8 Å². The number of anilines is 1. The molecule has 1 saturated carbocycles. The van der Waals surface area contributed by atoms with E-state index in [1.54, 1.807) is 17.7 Å². The molecule has 6 nitrogen and oxygen atoms in total. The number of rotatable bonds is 4. The molecule has 1 aliphatic carbocycles. The van der Waals surface area contributed by atoms with Gasteiger partial charge in [0.2, 0.25) is 5.91 Å². The Morgan fingerprint density at radius 3 is 2.83 bits per heavy atom. The van der Waals surface area contributed by atoms with Crippen LogP contribution in [0.5, 0.6) is 0 Å². The average molecular weight is 331 g/mol. The largest absolute Gasteiger partial charge is 0.353 e. The van der Waals surface area contributed by atoms with E-state index in [1.165, 1.54) is 0 Å². The molecule has 1 unspecified atom stereocenters. The molecular weight excluding hydrogens is 310 g/mol. The molecule has 4 rings (SSSR count). The van der Waals surface area contributed by atoms with Crippen LogP contribution in [0.1, 0.15) is 19.8 Å². The number of nitrogens with one attached hydrogen (secondary N) is 1. The number of nitrogens with zero attached hydrogens (tertiary/aromatic N) is 4. The van der Waals surface area contributed by atoms with E-state index in [-0.39, 0.29) is 11.9 Å². The van der Waals surface area contributed by atoms with Gasteiger partial charge in [-0.2, -0.15) is 0 Å². The highest BCUT2D eigenvalue weighted by Crippen LogP contribution is 2.27. The molecule has 2 aromatic rings. The lowest BCUT2D eigenvalue weighted by molar-refractivity contribution is -0.126. The van der Waals surface area contributed by atoms with Crippen molar-refractivity contribution in [2.45, 2.75) is 31.8 Å². The minimum atomic E-state index is -0.0516. The molecule has 0 spiro atoms. The van der Waals surface area contributed by atoms with Crippen LogP contribution in [0.2, 0.25) is 0 Å². The summed E-state index contributed by atoms with van der Waals surface area (Å²) in [5.74, 6) is 1.19. The van der Waals surface area contributed by atoms with E-state index >= 15 is 0 Å². The lowest BCUT2D eigenvalue weighted by Crippen LogP contribution is -2.54. The molecule has 1 amide bonds. The lowest BCUT2D eigenvalue weighted by atomic mass is 10.2. The summed E-state index contributed by atoms with van der Waals surface area (Å²) < 4.78 is 0. The van der Waals surface area contributed by atoms with Gasteiger partial charge in [-0.3, -0.25) is 9.69 Å². The second-order valence-corrected chi connectivity index (χ2v) is 7.21. The number of aromatic nitrogens is 2. The molecule has 1 N–H and O–H groups in total. The lowest BCUT2D eigenvalue weighted by Gasteiger charge is -2.38. The van der Waals surface area contributed by atoms with Crippen molar-refractivity contribution in [2.75, 3.05) is 31.1 Å². The molecule has 122 valence electrons. The number of piperazine rings is 1. The molecule has 23 heavy (non-hydrogen) atoms. The molecule has 1 saturated heterocycles. The van der Waals surface area contributed by atoms with E-state index in [9.17, 15) is 4.79 Å². The first-order valence-electron chi connectivity index (χ1n) is 8.20. The maximum atomic E-state index is 12.2. The van der Waals surface area contributed by atoms with Gasteiger partial charge in [-0.05, 0) is 31.2 Å². The third kappa shape index (κ3) is 3.03.